The molecule has 1 aliphatic rings. The van der Waals surface area contributed by atoms with Gasteiger partial charge in [0, 0.05) is 45.2 Å². The van der Waals surface area contributed by atoms with Crippen molar-refractivity contribution in [2.45, 2.75) is 19.9 Å². The lowest BCUT2D eigenvalue weighted by atomic mass is 10.2. The molecular weight excluding hydrogens is 360 g/mol. The standard InChI is InChI=1S/C20H26N4O4/c1-15-13-16(28-22-15)14-23-9-11-24(12-10-23)19(25)7-8-21-20(26)17-5-3-4-6-18(17)27-2/h3-6,13H,7-12,14H2,1-2H3,(H,21,26). The molecule has 0 aliphatic carbocycles. The number of para-hydroxylation sites is 1. The zero-order valence-electron chi connectivity index (χ0n) is 16.3. The molecule has 3 rings (SSSR count). The number of rotatable bonds is 7. The van der Waals surface area contributed by atoms with Gasteiger partial charge in [-0.15, -0.1) is 0 Å². The first-order valence-corrected chi connectivity index (χ1v) is 9.40. The van der Waals surface area contributed by atoms with Crippen molar-refractivity contribution in [3.8, 4) is 5.75 Å². The number of aryl methyl sites for hydroxylation is 1. The van der Waals surface area contributed by atoms with Crippen LogP contribution in [0.1, 0.15) is 28.2 Å². The van der Waals surface area contributed by atoms with Crippen molar-refractivity contribution >= 4 is 11.8 Å². The van der Waals surface area contributed by atoms with E-state index < -0.39 is 0 Å². The molecule has 0 saturated carbocycles. The Morgan fingerprint density at radius 1 is 1.21 bits per heavy atom. The second-order valence-electron chi connectivity index (χ2n) is 6.80. The smallest absolute Gasteiger partial charge is 0.255 e. The number of methoxy groups -OCH3 is 1. The van der Waals surface area contributed by atoms with Crippen LogP contribution in [-0.4, -0.2) is 66.6 Å². The van der Waals surface area contributed by atoms with Crippen LogP contribution in [0.4, 0.5) is 0 Å². The van der Waals surface area contributed by atoms with E-state index in [0.717, 1.165) is 24.5 Å². The summed E-state index contributed by atoms with van der Waals surface area (Å²) in [5, 5.41) is 6.69. The van der Waals surface area contributed by atoms with E-state index in [9.17, 15) is 9.59 Å². The molecule has 1 aromatic heterocycles. The summed E-state index contributed by atoms with van der Waals surface area (Å²) in [5.41, 5.74) is 1.34. The molecule has 0 bridgehead atoms. The third-order valence-electron chi connectivity index (χ3n) is 4.76. The SMILES string of the molecule is COc1ccccc1C(=O)NCCC(=O)N1CCN(Cc2cc(C)no2)CC1. The Kier molecular flexibility index (Phi) is 6.65. The largest absolute Gasteiger partial charge is 0.496 e. The second-order valence-corrected chi connectivity index (χ2v) is 6.80. The number of piperazine rings is 1. The third-order valence-corrected chi connectivity index (χ3v) is 4.76. The van der Waals surface area contributed by atoms with Gasteiger partial charge in [-0.1, -0.05) is 17.3 Å². The van der Waals surface area contributed by atoms with E-state index in [2.05, 4.69) is 15.4 Å². The minimum absolute atomic E-state index is 0.0514. The molecule has 1 N–H and O–H groups in total. The van der Waals surface area contributed by atoms with Crippen LogP contribution >= 0.6 is 0 Å². The molecule has 1 aliphatic heterocycles. The fraction of sp³-hybridized carbons (Fsp3) is 0.450. The van der Waals surface area contributed by atoms with E-state index in [-0.39, 0.29) is 18.2 Å². The lowest BCUT2D eigenvalue weighted by Gasteiger charge is -2.34. The number of hydrogen-bond acceptors (Lipinski definition) is 6. The van der Waals surface area contributed by atoms with Gasteiger partial charge in [-0.25, -0.2) is 0 Å². The Morgan fingerprint density at radius 2 is 1.96 bits per heavy atom. The van der Waals surface area contributed by atoms with Crippen LogP contribution in [0.2, 0.25) is 0 Å². The number of nitrogens with zero attached hydrogens (tertiary/aromatic N) is 3. The van der Waals surface area contributed by atoms with Gasteiger partial charge in [0.05, 0.1) is 24.9 Å². The average Bonchev–Trinajstić information content (AvgIpc) is 3.12. The summed E-state index contributed by atoms with van der Waals surface area (Å²) in [5.74, 6) is 1.17. The van der Waals surface area contributed by atoms with Gasteiger partial charge < -0.3 is 19.5 Å². The van der Waals surface area contributed by atoms with Crippen molar-refractivity contribution in [3.63, 3.8) is 0 Å². The third kappa shape index (κ3) is 5.10. The van der Waals surface area contributed by atoms with Gasteiger partial charge in [0.25, 0.3) is 5.91 Å². The number of carbonyl (C=O) groups is 2. The number of nitrogens with one attached hydrogen (secondary N) is 1. The van der Waals surface area contributed by atoms with Gasteiger partial charge in [0.1, 0.15) is 5.75 Å². The highest BCUT2D eigenvalue weighted by atomic mass is 16.5. The Morgan fingerprint density at radius 3 is 2.64 bits per heavy atom. The quantitative estimate of drug-likeness (QED) is 0.775. The molecule has 28 heavy (non-hydrogen) atoms. The van der Waals surface area contributed by atoms with Crippen molar-refractivity contribution in [3.05, 3.63) is 47.3 Å². The maximum Gasteiger partial charge on any atom is 0.255 e. The lowest BCUT2D eigenvalue weighted by molar-refractivity contribution is -0.132. The van der Waals surface area contributed by atoms with Crippen LogP contribution in [0, 0.1) is 6.92 Å². The maximum absolute atomic E-state index is 12.4. The van der Waals surface area contributed by atoms with Gasteiger partial charge in [0.15, 0.2) is 5.76 Å². The van der Waals surface area contributed by atoms with Crippen molar-refractivity contribution in [1.82, 2.24) is 20.3 Å². The molecule has 2 heterocycles. The predicted molar refractivity (Wildman–Crippen MR) is 103 cm³/mol. The second kappa shape index (κ2) is 9.36. The zero-order chi connectivity index (χ0) is 19.9. The average molecular weight is 386 g/mol. The van der Waals surface area contributed by atoms with Crippen LogP contribution in [0.5, 0.6) is 5.75 Å². The molecule has 2 amide bonds. The molecule has 1 aromatic carbocycles. The Hall–Kier alpha value is -2.87. The summed E-state index contributed by atoms with van der Waals surface area (Å²) in [6.07, 6.45) is 0.280. The van der Waals surface area contributed by atoms with Gasteiger partial charge in [-0.2, -0.15) is 0 Å². The number of aromatic nitrogens is 1. The van der Waals surface area contributed by atoms with E-state index >= 15 is 0 Å². The number of hydrogen-bond donors (Lipinski definition) is 1. The Balaban J connectivity index is 1.39. The summed E-state index contributed by atoms with van der Waals surface area (Å²) in [6.45, 7) is 5.83. The van der Waals surface area contributed by atoms with Crippen LogP contribution in [0.3, 0.4) is 0 Å². The van der Waals surface area contributed by atoms with Crippen LogP contribution in [-0.2, 0) is 11.3 Å². The first-order valence-electron chi connectivity index (χ1n) is 9.40. The van der Waals surface area contributed by atoms with Crippen LogP contribution in [0.25, 0.3) is 0 Å². The number of benzene rings is 1. The van der Waals surface area contributed by atoms with Crippen molar-refractivity contribution in [1.29, 1.82) is 0 Å². The zero-order valence-corrected chi connectivity index (χ0v) is 16.3. The fourth-order valence-corrected chi connectivity index (χ4v) is 3.24. The van der Waals surface area contributed by atoms with E-state index in [1.54, 1.807) is 18.2 Å². The highest BCUT2D eigenvalue weighted by Gasteiger charge is 2.22. The summed E-state index contributed by atoms with van der Waals surface area (Å²) >= 11 is 0. The number of carbonyl (C=O) groups excluding carboxylic acids is 2. The van der Waals surface area contributed by atoms with Gasteiger partial charge in [-0.05, 0) is 19.1 Å². The summed E-state index contributed by atoms with van der Waals surface area (Å²) in [6, 6.07) is 8.96. The normalized spacial score (nSPS) is 14.7. The predicted octanol–water partition coefficient (Wildman–Crippen LogP) is 1.46. The van der Waals surface area contributed by atoms with E-state index in [1.807, 2.05) is 24.0 Å². The molecular formula is C20H26N4O4. The monoisotopic (exact) mass is 386 g/mol. The van der Waals surface area contributed by atoms with Gasteiger partial charge >= 0.3 is 0 Å². The van der Waals surface area contributed by atoms with Crippen molar-refractivity contribution < 1.29 is 18.8 Å². The summed E-state index contributed by atoms with van der Waals surface area (Å²) in [4.78, 5) is 28.8. The van der Waals surface area contributed by atoms with Crippen molar-refractivity contribution in [2.75, 3.05) is 39.8 Å². The number of amides is 2. The highest BCUT2D eigenvalue weighted by Crippen LogP contribution is 2.16. The molecule has 1 saturated heterocycles. The summed E-state index contributed by atoms with van der Waals surface area (Å²) in [7, 11) is 1.53. The Labute approximate surface area is 164 Å². The van der Waals surface area contributed by atoms with Gasteiger partial charge in [0.2, 0.25) is 5.91 Å². The molecule has 0 atom stereocenters. The first-order chi connectivity index (χ1) is 13.6. The molecule has 0 radical (unpaired) electrons. The topological polar surface area (TPSA) is 87.9 Å². The molecule has 8 heteroatoms. The lowest BCUT2D eigenvalue weighted by Crippen LogP contribution is -2.48. The fourth-order valence-electron chi connectivity index (χ4n) is 3.24. The molecule has 0 spiro atoms. The molecule has 150 valence electrons. The van der Waals surface area contributed by atoms with Crippen LogP contribution in [0.15, 0.2) is 34.9 Å². The minimum Gasteiger partial charge on any atom is -0.496 e. The number of ether oxygens (including phenoxy) is 1. The molecule has 0 unspecified atom stereocenters. The summed E-state index contributed by atoms with van der Waals surface area (Å²) < 4.78 is 10.4. The van der Waals surface area contributed by atoms with E-state index in [0.29, 0.717) is 37.5 Å². The molecule has 1 fully saturated rings. The van der Waals surface area contributed by atoms with Gasteiger partial charge in [-0.3, -0.25) is 14.5 Å². The van der Waals surface area contributed by atoms with E-state index in [4.69, 9.17) is 9.26 Å². The maximum atomic E-state index is 12.4. The van der Waals surface area contributed by atoms with Crippen LogP contribution < -0.4 is 10.1 Å². The van der Waals surface area contributed by atoms with E-state index in [1.165, 1.54) is 7.11 Å². The Bertz CT molecular complexity index is 812. The van der Waals surface area contributed by atoms with Crippen molar-refractivity contribution in [2.24, 2.45) is 0 Å². The molecule has 8 nitrogen and oxygen atoms in total. The minimum atomic E-state index is -0.238. The first kappa shape index (κ1) is 19.9. The molecule has 2 aromatic rings. The highest BCUT2D eigenvalue weighted by molar-refractivity contribution is 5.97.